The Morgan fingerprint density at radius 1 is 1.53 bits per heavy atom. The van der Waals surface area contributed by atoms with Crippen LogP contribution in [0.25, 0.3) is 0 Å². The molecule has 2 rings (SSSR count). The molecule has 0 saturated carbocycles. The molecule has 4 heteroatoms. The third-order valence-corrected chi connectivity index (χ3v) is 3.21. The molecule has 1 aliphatic rings. The number of carbonyl (C=O) groups is 1. The van der Waals surface area contributed by atoms with E-state index in [4.69, 9.17) is 9.84 Å². The number of benzene rings is 1. The zero-order valence-corrected chi connectivity index (χ0v) is 9.93. The standard InChI is InChI=1S/C13H17NO3/c1-17-12-5-3-2-4-10(12)8-14-7-6-11(9-14)13(15)16/h2-5,11H,6-9H2,1H3,(H,15,16)/t11-/m1/s1. The lowest BCUT2D eigenvalue weighted by Gasteiger charge is -2.17. The molecule has 92 valence electrons. The summed E-state index contributed by atoms with van der Waals surface area (Å²) in [5, 5.41) is 8.95. The van der Waals surface area contributed by atoms with Gasteiger partial charge in [0.05, 0.1) is 13.0 Å². The van der Waals surface area contributed by atoms with Gasteiger partial charge in [-0.1, -0.05) is 18.2 Å². The molecule has 1 aromatic carbocycles. The third kappa shape index (κ3) is 2.77. The van der Waals surface area contributed by atoms with E-state index in [0.29, 0.717) is 6.54 Å². The number of rotatable bonds is 4. The fourth-order valence-corrected chi connectivity index (χ4v) is 2.25. The van der Waals surface area contributed by atoms with Gasteiger partial charge < -0.3 is 9.84 Å². The predicted molar refractivity (Wildman–Crippen MR) is 64.0 cm³/mol. The van der Waals surface area contributed by atoms with Crippen molar-refractivity contribution in [2.75, 3.05) is 20.2 Å². The van der Waals surface area contributed by atoms with Gasteiger partial charge in [0.15, 0.2) is 0 Å². The monoisotopic (exact) mass is 235 g/mol. The van der Waals surface area contributed by atoms with Crippen LogP contribution in [0.5, 0.6) is 5.75 Å². The number of aliphatic carboxylic acids is 1. The molecule has 0 unspecified atom stereocenters. The maximum atomic E-state index is 10.9. The van der Waals surface area contributed by atoms with Crippen molar-refractivity contribution in [2.24, 2.45) is 5.92 Å². The van der Waals surface area contributed by atoms with Gasteiger partial charge in [-0.05, 0) is 19.0 Å². The van der Waals surface area contributed by atoms with Gasteiger partial charge in [0, 0.05) is 18.7 Å². The summed E-state index contributed by atoms with van der Waals surface area (Å²) in [5.74, 6) is -0.0384. The number of methoxy groups -OCH3 is 1. The Bertz CT molecular complexity index is 405. The van der Waals surface area contributed by atoms with Crippen LogP contribution in [0.1, 0.15) is 12.0 Å². The molecule has 0 aromatic heterocycles. The van der Waals surface area contributed by atoms with Crippen LogP contribution in [0.4, 0.5) is 0 Å². The average Bonchev–Trinajstić information content (AvgIpc) is 2.78. The SMILES string of the molecule is COc1ccccc1CN1CC[C@@H](C(=O)O)C1. The van der Waals surface area contributed by atoms with Crippen molar-refractivity contribution in [3.05, 3.63) is 29.8 Å². The summed E-state index contributed by atoms with van der Waals surface area (Å²) in [7, 11) is 1.66. The van der Waals surface area contributed by atoms with Gasteiger partial charge in [-0.3, -0.25) is 9.69 Å². The maximum absolute atomic E-state index is 10.9. The molecule has 1 atom stereocenters. The molecule has 1 N–H and O–H groups in total. The highest BCUT2D eigenvalue weighted by Crippen LogP contribution is 2.23. The molecule has 1 fully saturated rings. The average molecular weight is 235 g/mol. The highest BCUT2D eigenvalue weighted by Gasteiger charge is 2.28. The number of carboxylic acid groups (broad SMARTS) is 1. The second-order valence-corrected chi connectivity index (χ2v) is 4.37. The van der Waals surface area contributed by atoms with Crippen molar-refractivity contribution >= 4 is 5.97 Å². The van der Waals surface area contributed by atoms with Crippen LogP contribution in [0.15, 0.2) is 24.3 Å². The van der Waals surface area contributed by atoms with Crippen LogP contribution >= 0.6 is 0 Å². The molecule has 1 aromatic rings. The quantitative estimate of drug-likeness (QED) is 0.861. The highest BCUT2D eigenvalue weighted by molar-refractivity contribution is 5.70. The number of para-hydroxylation sites is 1. The molecule has 17 heavy (non-hydrogen) atoms. The Kier molecular flexibility index (Phi) is 3.64. The van der Waals surface area contributed by atoms with E-state index in [1.807, 2.05) is 24.3 Å². The molecule has 0 radical (unpaired) electrons. The van der Waals surface area contributed by atoms with Crippen LogP contribution in [0.3, 0.4) is 0 Å². The van der Waals surface area contributed by atoms with E-state index < -0.39 is 5.97 Å². The first-order valence-corrected chi connectivity index (χ1v) is 5.77. The number of nitrogens with zero attached hydrogens (tertiary/aromatic N) is 1. The Morgan fingerprint density at radius 2 is 2.29 bits per heavy atom. The summed E-state index contributed by atoms with van der Waals surface area (Å²) in [6.07, 6.45) is 0.741. The fraction of sp³-hybridized carbons (Fsp3) is 0.462. The van der Waals surface area contributed by atoms with E-state index in [1.165, 1.54) is 0 Å². The van der Waals surface area contributed by atoms with E-state index in [-0.39, 0.29) is 5.92 Å². The topological polar surface area (TPSA) is 49.8 Å². The summed E-state index contributed by atoms with van der Waals surface area (Å²) >= 11 is 0. The minimum atomic E-state index is -0.687. The van der Waals surface area contributed by atoms with E-state index in [0.717, 1.165) is 30.8 Å². The van der Waals surface area contributed by atoms with Gasteiger partial charge in [0.2, 0.25) is 0 Å². The lowest BCUT2D eigenvalue weighted by molar-refractivity contribution is -0.141. The van der Waals surface area contributed by atoms with Crippen molar-refractivity contribution in [3.63, 3.8) is 0 Å². The normalized spacial score (nSPS) is 20.4. The fourth-order valence-electron chi connectivity index (χ4n) is 2.25. The number of carboxylic acids is 1. The van der Waals surface area contributed by atoms with E-state index in [2.05, 4.69) is 4.90 Å². The number of hydrogen-bond acceptors (Lipinski definition) is 3. The van der Waals surface area contributed by atoms with Crippen molar-refractivity contribution in [3.8, 4) is 5.75 Å². The number of ether oxygens (including phenoxy) is 1. The molecule has 0 spiro atoms. The van der Waals surface area contributed by atoms with Gasteiger partial charge in [0.1, 0.15) is 5.75 Å². The summed E-state index contributed by atoms with van der Waals surface area (Å²) < 4.78 is 5.29. The molecule has 1 aliphatic heterocycles. The minimum Gasteiger partial charge on any atom is -0.496 e. The zero-order chi connectivity index (χ0) is 12.3. The molecule has 0 bridgehead atoms. The number of likely N-dealkylation sites (tertiary alicyclic amines) is 1. The molecule has 0 aliphatic carbocycles. The van der Waals surface area contributed by atoms with Crippen LogP contribution < -0.4 is 4.74 Å². The Hall–Kier alpha value is -1.55. The highest BCUT2D eigenvalue weighted by atomic mass is 16.5. The molecule has 0 amide bonds. The van der Waals surface area contributed by atoms with Crippen LogP contribution in [0, 0.1) is 5.92 Å². The van der Waals surface area contributed by atoms with Crippen molar-refractivity contribution in [1.82, 2.24) is 4.90 Å². The first kappa shape index (κ1) is 11.9. The van der Waals surface area contributed by atoms with Crippen LogP contribution in [0.2, 0.25) is 0 Å². The Labute approximate surface area is 101 Å². The predicted octanol–water partition coefficient (Wildman–Crippen LogP) is 1.60. The van der Waals surface area contributed by atoms with E-state index in [9.17, 15) is 4.79 Å². The zero-order valence-electron chi connectivity index (χ0n) is 9.93. The molecular formula is C13H17NO3. The van der Waals surface area contributed by atoms with Gasteiger partial charge in [-0.25, -0.2) is 0 Å². The summed E-state index contributed by atoms with van der Waals surface area (Å²) in [6.45, 7) is 2.23. The molecular weight excluding hydrogens is 218 g/mol. The lowest BCUT2D eigenvalue weighted by Crippen LogP contribution is -2.23. The first-order chi connectivity index (χ1) is 8.20. The van der Waals surface area contributed by atoms with Crippen LogP contribution in [-0.4, -0.2) is 36.2 Å². The van der Waals surface area contributed by atoms with Gasteiger partial charge >= 0.3 is 5.97 Å². The molecule has 1 heterocycles. The summed E-state index contributed by atoms with van der Waals surface area (Å²) in [4.78, 5) is 13.0. The third-order valence-electron chi connectivity index (χ3n) is 3.21. The Morgan fingerprint density at radius 3 is 2.94 bits per heavy atom. The van der Waals surface area contributed by atoms with Crippen molar-refractivity contribution in [2.45, 2.75) is 13.0 Å². The summed E-state index contributed by atoms with van der Waals surface area (Å²) in [5.41, 5.74) is 1.11. The van der Waals surface area contributed by atoms with Crippen molar-refractivity contribution in [1.29, 1.82) is 0 Å². The molecule has 1 saturated heterocycles. The number of hydrogen-bond donors (Lipinski definition) is 1. The maximum Gasteiger partial charge on any atom is 0.307 e. The Balaban J connectivity index is 2.00. The lowest BCUT2D eigenvalue weighted by atomic mass is 10.1. The smallest absolute Gasteiger partial charge is 0.307 e. The molecule has 4 nitrogen and oxygen atoms in total. The van der Waals surface area contributed by atoms with Gasteiger partial charge in [-0.15, -0.1) is 0 Å². The van der Waals surface area contributed by atoms with Crippen LogP contribution in [-0.2, 0) is 11.3 Å². The largest absolute Gasteiger partial charge is 0.496 e. The second kappa shape index (κ2) is 5.19. The van der Waals surface area contributed by atoms with E-state index >= 15 is 0 Å². The first-order valence-electron chi connectivity index (χ1n) is 5.77. The van der Waals surface area contributed by atoms with Gasteiger partial charge in [0.25, 0.3) is 0 Å². The summed E-state index contributed by atoms with van der Waals surface area (Å²) in [6, 6.07) is 7.86. The second-order valence-electron chi connectivity index (χ2n) is 4.37. The van der Waals surface area contributed by atoms with Crippen molar-refractivity contribution < 1.29 is 14.6 Å². The van der Waals surface area contributed by atoms with Gasteiger partial charge in [-0.2, -0.15) is 0 Å². The van der Waals surface area contributed by atoms with E-state index in [1.54, 1.807) is 7.11 Å². The minimum absolute atomic E-state index is 0.218.